The second kappa shape index (κ2) is 5.44. The van der Waals surface area contributed by atoms with Gasteiger partial charge >= 0.3 is 6.18 Å². The first-order valence-corrected chi connectivity index (χ1v) is 6.07. The van der Waals surface area contributed by atoms with Gasteiger partial charge in [-0.3, -0.25) is 4.68 Å². The number of alkyl halides is 3. The molecule has 0 saturated heterocycles. The fraction of sp³-hybridized carbons (Fsp3) is 0.308. The first kappa shape index (κ1) is 14.2. The summed E-state index contributed by atoms with van der Waals surface area (Å²) in [7, 11) is 0. The molecule has 3 N–H and O–H groups in total. The van der Waals surface area contributed by atoms with E-state index in [9.17, 15) is 13.2 Å². The quantitative estimate of drug-likeness (QED) is 0.849. The molecule has 0 aliphatic rings. The molecule has 108 valence electrons. The molecule has 0 fully saturated rings. The van der Waals surface area contributed by atoms with Gasteiger partial charge in [-0.25, -0.2) is 0 Å². The van der Waals surface area contributed by atoms with Gasteiger partial charge in [0.05, 0.1) is 12.1 Å². The number of halogens is 3. The lowest BCUT2D eigenvalue weighted by atomic mass is 10.1. The summed E-state index contributed by atoms with van der Waals surface area (Å²) in [5.74, 6) is 0. The highest BCUT2D eigenvalue weighted by Gasteiger charge is 2.33. The molecular formula is C13H15F3N4. The Hall–Kier alpha value is -2.18. The number of benzene rings is 1. The normalized spacial score (nSPS) is 13.2. The maximum atomic E-state index is 12.7. The Morgan fingerprint density at radius 2 is 2.15 bits per heavy atom. The molecule has 7 heteroatoms. The molecule has 1 atom stereocenters. The van der Waals surface area contributed by atoms with E-state index in [1.54, 1.807) is 23.1 Å². The van der Waals surface area contributed by atoms with Crippen molar-refractivity contribution < 1.29 is 13.2 Å². The van der Waals surface area contributed by atoms with E-state index in [2.05, 4.69) is 10.4 Å². The van der Waals surface area contributed by atoms with Crippen molar-refractivity contribution in [3.05, 3.63) is 42.2 Å². The van der Waals surface area contributed by atoms with Crippen molar-refractivity contribution in [1.29, 1.82) is 0 Å². The van der Waals surface area contributed by atoms with Gasteiger partial charge in [0, 0.05) is 29.8 Å². The topological polar surface area (TPSA) is 55.9 Å². The molecule has 0 radical (unpaired) electrons. The lowest BCUT2D eigenvalue weighted by molar-refractivity contribution is -0.136. The summed E-state index contributed by atoms with van der Waals surface area (Å²) in [5.41, 5.74) is 4.63. The summed E-state index contributed by atoms with van der Waals surface area (Å²) in [4.78, 5) is 0. The first-order valence-electron chi connectivity index (χ1n) is 6.07. The molecule has 0 spiro atoms. The minimum atomic E-state index is -4.45. The van der Waals surface area contributed by atoms with E-state index in [0.29, 0.717) is 12.2 Å². The molecule has 1 heterocycles. The van der Waals surface area contributed by atoms with Crippen LogP contribution in [0, 0.1) is 0 Å². The number of anilines is 2. The zero-order valence-electron chi connectivity index (χ0n) is 10.9. The number of nitrogens with two attached hydrogens (primary N) is 1. The highest BCUT2D eigenvalue weighted by molar-refractivity contribution is 5.58. The molecule has 0 aliphatic heterocycles. The summed E-state index contributed by atoms with van der Waals surface area (Å²) in [6, 6.07) is 5.53. The van der Waals surface area contributed by atoms with Crippen LogP contribution in [0.1, 0.15) is 12.5 Å². The zero-order chi connectivity index (χ0) is 14.8. The van der Waals surface area contributed by atoms with Gasteiger partial charge in [-0.1, -0.05) is 0 Å². The molecule has 1 aromatic heterocycles. The maximum absolute atomic E-state index is 12.7. The van der Waals surface area contributed by atoms with E-state index in [1.165, 1.54) is 12.1 Å². The van der Waals surface area contributed by atoms with E-state index in [0.717, 1.165) is 6.07 Å². The van der Waals surface area contributed by atoms with Gasteiger partial charge in [0.2, 0.25) is 0 Å². The smallest absolute Gasteiger partial charge is 0.398 e. The van der Waals surface area contributed by atoms with Crippen LogP contribution in [0.15, 0.2) is 36.7 Å². The summed E-state index contributed by atoms with van der Waals surface area (Å²) < 4.78 is 40.0. The van der Waals surface area contributed by atoms with Crippen molar-refractivity contribution in [3.8, 4) is 0 Å². The summed E-state index contributed by atoms with van der Waals surface area (Å²) in [6.07, 6.45) is -1.01. The number of aromatic nitrogens is 2. The molecule has 0 saturated carbocycles. The lowest BCUT2D eigenvalue weighted by Gasteiger charge is -2.17. The molecule has 4 nitrogen and oxygen atoms in total. The maximum Gasteiger partial charge on any atom is 0.418 e. The fourth-order valence-corrected chi connectivity index (χ4v) is 1.91. The monoisotopic (exact) mass is 284 g/mol. The summed E-state index contributed by atoms with van der Waals surface area (Å²) in [6.45, 7) is 2.42. The van der Waals surface area contributed by atoms with Crippen LogP contribution in [0.4, 0.5) is 24.5 Å². The van der Waals surface area contributed by atoms with E-state index in [4.69, 9.17) is 5.73 Å². The third kappa shape index (κ3) is 3.43. The molecule has 0 bridgehead atoms. The largest absolute Gasteiger partial charge is 0.418 e. The van der Waals surface area contributed by atoms with E-state index < -0.39 is 11.7 Å². The minimum absolute atomic E-state index is 0.0698. The van der Waals surface area contributed by atoms with Crippen molar-refractivity contribution >= 4 is 11.4 Å². The lowest BCUT2D eigenvalue weighted by Crippen LogP contribution is -2.22. The van der Waals surface area contributed by atoms with Gasteiger partial charge in [0.15, 0.2) is 0 Å². The molecule has 0 aliphatic carbocycles. The standard InChI is InChI=1S/C13H15F3N4/c1-9(8-20-6-2-5-18-20)19-10-3-4-12(17)11(7-10)13(14,15)16/h2-7,9,19H,8,17H2,1H3. The SMILES string of the molecule is CC(Cn1cccn1)Nc1ccc(N)c(C(F)(F)F)c1. The molecular weight excluding hydrogens is 269 g/mol. The molecule has 20 heavy (non-hydrogen) atoms. The van der Waals surface area contributed by atoms with Gasteiger partial charge in [-0.05, 0) is 31.2 Å². The van der Waals surface area contributed by atoms with Gasteiger partial charge in [0.25, 0.3) is 0 Å². The van der Waals surface area contributed by atoms with Crippen LogP contribution in [0.3, 0.4) is 0 Å². The summed E-state index contributed by atoms with van der Waals surface area (Å²) >= 11 is 0. The summed E-state index contributed by atoms with van der Waals surface area (Å²) in [5, 5.41) is 7.05. The highest BCUT2D eigenvalue weighted by Crippen LogP contribution is 2.35. The molecule has 2 aromatic rings. The van der Waals surface area contributed by atoms with Gasteiger partial charge < -0.3 is 11.1 Å². The Kier molecular flexibility index (Phi) is 3.87. The molecule has 0 amide bonds. The van der Waals surface area contributed by atoms with Crippen LogP contribution in [-0.2, 0) is 12.7 Å². The van der Waals surface area contributed by atoms with E-state index >= 15 is 0 Å². The third-order valence-corrected chi connectivity index (χ3v) is 2.79. The van der Waals surface area contributed by atoms with E-state index in [1.807, 2.05) is 6.92 Å². The number of nitrogens with one attached hydrogen (secondary N) is 1. The number of rotatable bonds is 4. The average molecular weight is 284 g/mol. The van der Waals surface area contributed by atoms with Crippen molar-refractivity contribution in [2.24, 2.45) is 0 Å². The number of hydrogen-bond acceptors (Lipinski definition) is 3. The van der Waals surface area contributed by atoms with Crippen LogP contribution >= 0.6 is 0 Å². The molecule has 2 rings (SSSR count). The van der Waals surface area contributed by atoms with Crippen molar-refractivity contribution in [1.82, 2.24) is 9.78 Å². The number of nitrogens with zero attached hydrogens (tertiary/aromatic N) is 2. The van der Waals surface area contributed by atoms with Gasteiger partial charge in [-0.2, -0.15) is 18.3 Å². The van der Waals surface area contributed by atoms with Gasteiger partial charge in [0.1, 0.15) is 0 Å². The van der Waals surface area contributed by atoms with Crippen LogP contribution in [0.2, 0.25) is 0 Å². The minimum Gasteiger partial charge on any atom is -0.398 e. The predicted molar refractivity (Wildman–Crippen MR) is 71.2 cm³/mol. The Labute approximate surface area is 114 Å². The van der Waals surface area contributed by atoms with Gasteiger partial charge in [-0.15, -0.1) is 0 Å². The second-order valence-electron chi connectivity index (χ2n) is 4.57. The van der Waals surface area contributed by atoms with Crippen molar-refractivity contribution in [3.63, 3.8) is 0 Å². The van der Waals surface area contributed by atoms with Crippen LogP contribution < -0.4 is 11.1 Å². The fourth-order valence-electron chi connectivity index (χ4n) is 1.91. The van der Waals surface area contributed by atoms with Crippen LogP contribution in [0.5, 0.6) is 0 Å². The second-order valence-corrected chi connectivity index (χ2v) is 4.57. The zero-order valence-corrected chi connectivity index (χ0v) is 10.9. The molecule has 1 unspecified atom stereocenters. The van der Waals surface area contributed by atoms with Crippen molar-refractivity contribution in [2.45, 2.75) is 25.7 Å². The Balaban J connectivity index is 2.10. The number of hydrogen-bond donors (Lipinski definition) is 2. The Morgan fingerprint density at radius 3 is 2.75 bits per heavy atom. The Bertz CT molecular complexity index is 563. The van der Waals surface area contributed by atoms with Crippen LogP contribution in [0.25, 0.3) is 0 Å². The average Bonchev–Trinajstić information content (AvgIpc) is 2.83. The number of nitrogen functional groups attached to an aromatic ring is 1. The highest BCUT2D eigenvalue weighted by atomic mass is 19.4. The predicted octanol–water partition coefficient (Wildman–Crippen LogP) is 2.98. The molecule has 1 aromatic carbocycles. The van der Waals surface area contributed by atoms with Crippen molar-refractivity contribution in [2.75, 3.05) is 11.1 Å². The third-order valence-electron chi connectivity index (χ3n) is 2.79. The van der Waals surface area contributed by atoms with Crippen LogP contribution in [-0.4, -0.2) is 15.8 Å². The first-order chi connectivity index (χ1) is 9.36. The Morgan fingerprint density at radius 1 is 1.40 bits per heavy atom. The van der Waals surface area contributed by atoms with E-state index in [-0.39, 0.29) is 11.7 Å².